The van der Waals surface area contributed by atoms with Gasteiger partial charge in [0.2, 0.25) is 10.0 Å². The van der Waals surface area contributed by atoms with E-state index in [1.807, 2.05) is 0 Å². The third kappa shape index (κ3) is 3.53. The molecule has 1 aliphatic carbocycles. The van der Waals surface area contributed by atoms with Gasteiger partial charge in [0.15, 0.2) is 0 Å². The van der Waals surface area contributed by atoms with Gasteiger partial charge >= 0.3 is 5.97 Å². The molecule has 2 N–H and O–H groups in total. The Bertz CT molecular complexity index is 925. The summed E-state index contributed by atoms with van der Waals surface area (Å²) in [5, 5.41) is 11.8. The van der Waals surface area contributed by atoms with Gasteiger partial charge in [0, 0.05) is 6.07 Å². The summed E-state index contributed by atoms with van der Waals surface area (Å²) in [6.07, 6.45) is 5.30. The highest BCUT2D eigenvalue weighted by atomic mass is 32.2. The van der Waals surface area contributed by atoms with Crippen LogP contribution in [0.5, 0.6) is 0 Å². The van der Waals surface area contributed by atoms with Crippen molar-refractivity contribution in [2.45, 2.75) is 24.5 Å². The molecule has 0 amide bonds. The van der Waals surface area contributed by atoms with Gasteiger partial charge in [-0.25, -0.2) is 27.3 Å². The molecule has 1 atom stereocenters. The zero-order valence-electron chi connectivity index (χ0n) is 13.0. The molecular formula is C15H15FN4O4S. The topological polar surface area (TPSA) is 114 Å². The van der Waals surface area contributed by atoms with E-state index in [0.717, 1.165) is 6.07 Å². The quantitative estimate of drug-likeness (QED) is 0.833. The Morgan fingerprint density at radius 3 is 2.84 bits per heavy atom. The monoisotopic (exact) mass is 366 g/mol. The second-order valence-electron chi connectivity index (χ2n) is 5.54. The van der Waals surface area contributed by atoms with Crippen LogP contribution >= 0.6 is 0 Å². The van der Waals surface area contributed by atoms with Crippen molar-refractivity contribution in [1.29, 1.82) is 0 Å². The third-order valence-corrected chi connectivity index (χ3v) is 5.63. The number of nitrogens with zero attached hydrogens (tertiary/aromatic N) is 3. The SMILES string of the molecule is O=C(O)C1=CCCCC1S(=O)(=O)Nc1ccc(-n2cncn2)cc1F. The van der Waals surface area contributed by atoms with Gasteiger partial charge in [-0.05, 0) is 31.4 Å². The fourth-order valence-corrected chi connectivity index (χ4v) is 4.31. The number of carbonyl (C=O) groups is 1. The van der Waals surface area contributed by atoms with Crippen molar-refractivity contribution in [3.63, 3.8) is 0 Å². The van der Waals surface area contributed by atoms with E-state index >= 15 is 0 Å². The number of rotatable bonds is 5. The largest absolute Gasteiger partial charge is 0.478 e. The fraction of sp³-hybridized carbons (Fsp3) is 0.267. The molecule has 0 saturated heterocycles. The number of carboxylic acids is 1. The first-order chi connectivity index (χ1) is 11.9. The maximum atomic E-state index is 14.3. The Morgan fingerprint density at radius 2 is 2.20 bits per heavy atom. The maximum absolute atomic E-state index is 14.3. The predicted molar refractivity (Wildman–Crippen MR) is 87.2 cm³/mol. The van der Waals surface area contributed by atoms with E-state index in [4.69, 9.17) is 0 Å². The van der Waals surface area contributed by atoms with Gasteiger partial charge in [-0.15, -0.1) is 0 Å². The summed E-state index contributed by atoms with van der Waals surface area (Å²) in [5.74, 6) is -2.08. The van der Waals surface area contributed by atoms with Gasteiger partial charge in [-0.2, -0.15) is 5.10 Å². The molecule has 0 bridgehead atoms. The Hall–Kier alpha value is -2.75. The summed E-state index contributed by atoms with van der Waals surface area (Å²) < 4.78 is 42.8. The number of halogens is 1. The summed E-state index contributed by atoms with van der Waals surface area (Å²) in [6.45, 7) is 0. The Balaban J connectivity index is 1.87. The minimum absolute atomic E-state index is 0.173. The Morgan fingerprint density at radius 1 is 1.40 bits per heavy atom. The number of sulfonamides is 1. The molecule has 1 aliphatic rings. The van der Waals surface area contributed by atoms with Crippen LogP contribution < -0.4 is 4.72 Å². The number of hydrogen-bond acceptors (Lipinski definition) is 5. The first-order valence-corrected chi connectivity index (χ1v) is 9.02. The van der Waals surface area contributed by atoms with Crippen molar-refractivity contribution in [3.05, 3.63) is 48.3 Å². The van der Waals surface area contributed by atoms with Crippen molar-refractivity contribution in [1.82, 2.24) is 14.8 Å². The summed E-state index contributed by atoms with van der Waals surface area (Å²) in [4.78, 5) is 15.0. The Labute approximate surface area is 143 Å². The summed E-state index contributed by atoms with van der Waals surface area (Å²) in [5.41, 5.74) is -0.0562. The molecule has 0 radical (unpaired) electrons. The summed E-state index contributed by atoms with van der Waals surface area (Å²) >= 11 is 0. The van der Waals surface area contributed by atoms with Gasteiger partial charge < -0.3 is 5.11 Å². The van der Waals surface area contributed by atoms with Crippen LogP contribution in [0.1, 0.15) is 19.3 Å². The van der Waals surface area contributed by atoms with Crippen molar-refractivity contribution < 1.29 is 22.7 Å². The van der Waals surface area contributed by atoms with E-state index in [2.05, 4.69) is 14.8 Å². The number of anilines is 1. The van der Waals surface area contributed by atoms with Crippen LogP contribution in [0.15, 0.2) is 42.5 Å². The average Bonchev–Trinajstić information content (AvgIpc) is 3.11. The smallest absolute Gasteiger partial charge is 0.332 e. The number of aliphatic carboxylic acids is 1. The van der Waals surface area contributed by atoms with Crippen molar-refractivity contribution >= 4 is 21.7 Å². The molecule has 0 fully saturated rings. The minimum Gasteiger partial charge on any atom is -0.478 e. The van der Waals surface area contributed by atoms with Crippen LogP contribution in [-0.4, -0.2) is 39.5 Å². The molecule has 25 heavy (non-hydrogen) atoms. The molecule has 8 nitrogen and oxygen atoms in total. The number of carboxylic acid groups (broad SMARTS) is 1. The zero-order valence-corrected chi connectivity index (χ0v) is 13.8. The van der Waals surface area contributed by atoms with E-state index in [9.17, 15) is 22.7 Å². The van der Waals surface area contributed by atoms with E-state index in [0.29, 0.717) is 18.5 Å². The highest BCUT2D eigenvalue weighted by Crippen LogP contribution is 2.28. The average molecular weight is 366 g/mol. The van der Waals surface area contributed by atoms with E-state index in [1.165, 1.54) is 35.5 Å². The van der Waals surface area contributed by atoms with Gasteiger partial charge in [0.1, 0.15) is 23.7 Å². The molecule has 1 aromatic heterocycles. The standard InChI is InChI=1S/C15H15FN4O4S/c16-12-7-10(20-9-17-8-18-20)5-6-13(12)19-25(23,24)14-4-2-1-3-11(14)15(21)22/h3,5-9,14,19H,1-2,4H2,(H,21,22). The van der Waals surface area contributed by atoms with Crippen LogP contribution in [0.25, 0.3) is 5.69 Å². The number of allylic oxidation sites excluding steroid dienone is 1. The van der Waals surface area contributed by atoms with Gasteiger partial charge in [0.05, 0.1) is 16.9 Å². The molecule has 0 aliphatic heterocycles. The van der Waals surface area contributed by atoms with Gasteiger partial charge in [-0.3, -0.25) is 4.72 Å². The van der Waals surface area contributed by atoms with Crippen molar-refractivity contribution in [3.8, 4) is 5.69 Å². The van der Waals surface area contributed by atoms with Gasteiger partial charge in [0.25, 0.3) is 0 Å². The minimum atomic E-state index is -4.09. The molecule has 10 heteroatoms. The molecular weight excluding hydrogens is 351 g/mol. The highest BCUT2D eigenvalue weighted by Gasteiger charge is 2.34. The first-order valence-electron chi connectivity index (χ1n) is 7.48. The Kier molecular flexibility index (Phi) is 4.53. The normalized spacial score (nSPS) is 17.8. The molecule has 3 rings (SSSR count). The zero-order chi connectivity index (χ0) is 18.0. The molecule has 132 valence electrons. The predicted octanol–water partition coefficient (Wildman–Crippen LogP) is 1.71. The van der Waals surface area contributed by atoms with Crippen LogP contribution in [-0.2, 0) is 14.8 Å². The second-order valence-corrected chi connectivity index (χ2v) is 7.40. The molecule has 2 aromatic rings. The van der Waals surface area contributed by atoms with Crippen molar-refractivity contribution in [2.24, 2.45) is 0 Å². The fourth-order valence-electron chi connectivity index (χ4n) is 2.69. The molecule has 1 unspecified atom stereocenters. The molecule has 0 spiro atoms. The van der Waals surface area contributed by atoms with E-state index in [-0.39, 0.29) is 17.7 Å². The van der Waals surface area contributed by atoms with Crippen molar-refractivity contribution in [2.75, 3.05) is 4.72 Å². The first kappa shape index (κ1) is 17.1. The summed E-state index contributed by atoms with van der Waals surface area (Å²) in [6, 6.07) is 3.85. The number of benzene rings is 1. The highest BCUT2D eigenvalue weighted by molar-refractivity contribution is 7.93. The molecule has 1 aromatic carbocycles. The van der Waals surface area contributed by atoms with E-state index in [1.54, 1.807) is 0 Å². The number of nitrogens with one attached hydrogen (secondary N) is 1. The van der Waals surface area contributed by atoms with Crippen LogP contribution in [0.2, 0.25) is 0 Å². The third-order valence-electron chi connectivity index (χ3n) is 3.89. The van der Waals surface area contributed by atoms with E-state index < -0.39 is 27.1 Å². The van der Waals surface area contributed by atoms with Gasteiger partial charge in [-0.1, -0.05) is 6.08 Å². The maximum Gasteiger partial charge on any atom is 0.332 e. The molecule has 0 saturated carbocycles. The number of hydrogen-bond donors (Lipinski definition) is 2. The lowest BCUT2D eigenvalue weighted by molar-refractivity contribution is -0.132. The lowest BCUT2D eigenvalue weighted by Gasteiger charge is -2.22. The molecule has 1 heterocycles. The summed E-state index contributed by atoms with van der Waals surface area (Å²) in [7, 11) is -4.09. The number of aromatic nitrogens is 3. The van der Waals surface area contributed by atoms with Crippen LogP contribution in [0, 0.1) is 5.82 Å². The second kappa shape index (κ2) is 6.63. The lowest BCUT2D eigenvalue weighted by Crippen LogP contribution is -2.34. The lowest BCUT2D eigenvalue weighted by atomic mass is 9.99. The van der Waals surface area contributed by atoms with Crippen LogP contribution in [0.3, 0.4) is 0 Å². The van der Waals surface area contributed by atoms with Crippen LogP contribution in [0.4, 0.5) is 10.1 Å².